The van der Waals surface area contributed by atoms with Crippen molar-refractivity contribution in [2.75, 3.05) is 0 Å². The zero-order valence-electron chi connectivity index (χ0n) is 14.9. The molecule has 0 aromatic rings. The summed E-state index contributed by atoms with van der Waals surface area (Å²) in [6.07, 6.45) is -0.108. The Morgan fingerprint density at radius 2 is 1.83 bits per heavy atom. The lowest BCUT2D eigenvalue weighted by Crippen LogP contribution is -2.48. The van der Waals surface area contributed by atoms with Gasteiger partial charge in [-0.25, -0.2) is 0 Å². The molecule has 1 heterocycles. The van der Waals surface area contributed by atoms with E-state index in [-0.39, 0.29) is 36.6 Å². The SMILES string of the molecule is CC(C)OC(=O)C(C)CCC[C@@H](C)OC1O[C@@H](C)C(O)C[C@H]1O. The van der Waals surface area contributed by atoms with E-state index in [9.17, 15) is 15.0 Å². The molecule has 136 valence electrons. The summed E-state index contributed by atoms with van der Waals surface area (Å²) in [7, 11) is 0. The first-order chi connectivity index (χ1) is 10.7. The number of esters is 1. The number of hydrogen-bond donors (Lipinski definition) is 2. The minimum atomic E-state index is -0.816. The molecule has 0 aromatic heterocycles. The molecule has 2 N–H and O–H groups in total. The van der Waals surface area contributed by atoms with E-state index in [1.807, 2.05) is 27.7 Å². The lowest BCUT2D eigenvalue weighted by Gasteiger charge is -2.36. The smallest absolute Gasteiger partial charge is 0.308 e. The first-order valence-electron chi connectivity index (χ1n) is 8.58. The first kappa shape index (κ1) is 20.4. The Morgan fingerprint density at radius 3 is 2.43 bits per heavy atom. The van der Waals surface area contributed by atoms with E-state index in [2.05, 4.69) is 0 Å². The monoisotopic (exact) mass is 332 g/mol. The number of aliphatic hydroxyl groups is 2. The third-order valence-corrected chi connectivity index (χ3v) is 4.06. The summed E-state index contributed by atoms with van der Waals surface area (Å²) >= 11 is 0. The summed E-state index contributed by atoms with van der Waals surface area (Å²) < 4.78 is 16.4. The number of hydrogen-bond acceptors (Lipinski definition) is 6. The van der Waals surface area contributed by atoms with Crippen LogP contribution in [0.4, 0.5) is 0 Å². The molecule has 6 nitrogen and oxygen atoms in total. The van der Waals surface area contributed by atoms with E-state index < -0.39 is 18.5 Å². The van der Waals surface area contributed by atoms with Crippen molar-refractivity contribution in [3.8, 4) is 0 Å². The Kier molecular flexibility index (Phi) is 8.47. The van der Waals surface area contributed by atoms with E-state index in [1.165, 1.54) is 0 Å². The Morgan fingerprint density at radius 1 is 1.17 bits per heavy atom. The summed E-state index contributed by atoms with van der Waals surface area (Å²) in [5, 5.41) is 19.5. The second-order valence-corrected chi connectivity index (χ2v) is 6.84. The van der Waals surface area contributed by atoms with Gasteiger partial charge in [0.05, 0.1) is 30.3 Å². The minimum absolute atomic E-state index is 0.0884. The molecule has 1 rings (SSSR count). The number of aliphatic hydroxyl groups excluding tert-OH is 2. The highest BCUT2D eigenvalue weighted by atomic mass is 16.7. The van der Waals surface area contributed by atoms with Crippen molar-refractivity contribution in [2.24, 2.45) is 5.92 Å². The quantitative estimate of drug-likeness (QED) is 0.661. The molecular weight excluding hydrogens is 300 g/mol. The fraction of sp³-hybridized carbons (Fsp3) is 0.941. The summed E-state index contributed by atoms with van der Waals surface area (Å²) in [5.74, 6) is -0.293. The predicted octanol–water partition coefficient (Wildman–Crippen LogP) is 2.01. The van der Waals surface area contributed by atoms with Crippen molar-refractivity contribution in [3.05, 3.63) is 0 Å². The van der Waals surface area contributed by atoms with Crippen LogP contribution in [0.3, 0.4) is 0 Å². The van der Waals surface area contributed by atoms with Crippen molar-refractivity contribution in [2.45, 2.75) is 97.1 Å². The van der Waals surface area contributed by atoms with Crippen LogP contribution >= 0.6 is 0 Å². The lowest BCUT2D eigenvalue weighted by atomic mass is 10.0. The molecule has 0 aromatic carbocycles. The van der Waals surface area contributed by atoms with Gasteiger partial charge in [0.25, 0.3) is 0 Å². The van der Waals surface area contributed by atoms with Crippen LogP contribution in [0.15, 0.2) is 0 Å². The van der Waals surface area contributed by atoms with E-state index in [0.717, 1.165) is 19.3 Å². The second-order valence-electron chi connectivity index (χ2n) is 6.84. The zero-order chi connectivity index (χ0) is 17.6. The highest BCUT2D eigenvalue weighted by Crippen LogP contribution is 2.23. The minimum Gasteiger partial charge on any atom is -0.463 e. The van der Waals surface area contributed by atoms with Gasteiger partial charge in [-0.3, -0.25) is 4.79 Å². The van der Waals surface area contributed by atoms with Gasteiger partial charge in [-0.05, 0) is 40.5 Å². The summed E-state index contributed by atoms with van der Waals surface area (Å²) in [5.41, 5.74) is 0. The molecule has 0 amide bonds. The Balaban J connectivity index is 2.26. The number of carbonyl (C=O) groups excluding carboxylic acids is 1. The van der Waals surface area contributed by atoms with Crippen molar-refractivity contribution in [1.29, 1.82) is 0 Å². The van der Waals surface area contributed by atoms with Gasteiger partial charge in [-0.2, -0.15) is 0 Å². The third kappa shape index (κ3) is 7.16. The van der Waals surface area contributed by atoms with E-state index >= 15 is 0 Å². The highest BCUT2D eigenvalue weighted by molar-refractivity contribution is 5.72. The fourth-order valence-electron chi connectivity index (χ4n) is 2.54. The maximum absolute atomic E-state index is 11.7. The van der Waals surface area contributed by atoms with Gasteiger partial charge in [0.2, 0.25) is 0 Å². The zero-order valence-corrected chi connectivity index (χ0v) is 14.9. The maximum Gasteiger partial charge on any atom is 0.308 e. The molecule has 6 heteroatoms. The predicted molar refractivity (Wildman–Crippen MR) is 85.8 cm³/mol. The average molecular weight is 332 g/mol. The maximum atomic E-state index is 11.7. The molecule has 3 unspecified atom stereocenters. The molecule has 1 fully saturated rings. The molecule has 0 bridgehead atoms. The van der Waals surface area contributed by atoms with Crippen LogP contribution in [0.1, 0.15) is 60.3 Å². The molecule has 0 aliphatic carbocycles. The standard InChI is InChI=1S/C17H32O6/c1-10(2)21-16(20)11(3)7-6-8-12(4)22-17-15(19)9-14(18)13(5)23-17/h10-15,17-19H,6-9H2,1-5H3/t11?,12-,13+,14?,15-,17?/m1/s1. The average Bonchev–Trinajstić information content (AvgIpc) is 2.43. The van der Waals surface area contributed by atoms with Gasteiger partial charge in [0.1, 0.15) is 6.10 Å². The van der Waals surface area contributed by atoms with Gasteiger partial charge in [0.15, 0.2) is 6.29 Å². The molecule has 6 atom stereocenters. The van der Waals surface area contributed by atoms with Gasteiger partial charge < -0.3 is 24.4 Å². The summed E-state index contributed by atoms with van der Waals surface area (Å²) in [6, 6.07) is 0. The van der Waals surface area contributed by atoms with Gasteiger partial charge in [0, 0.05) is 6.42 Å². The Hall–Kier alpha value is -0.690. The Labute approximate surface area is 139 Å². The van der Waals surface area contributed by atoms with Crippen molar-refractivity contribution >= 4 is 5.97 Å². The number of ether oxygens (including phenoxy) is 3. The molecule has 0 spiro atoms. The molecule has 0 saturated carbocycles. The molecule has 23 heavy (non-hydrogen) atoms. The number of carbonyl (C=O) groups is 1. The molecule has 1 aliphatic rings. The normalized spacial score (nSPS) is 31.0. The number of rotatable bonds is 8. The third-order valence-electron chi connectivity index (χ3n) is 4.06. The largest absolute Gasteiger partial charge is 0.463 e. The summed E-state index contributed by atoms with van der Waals surface area (Å²) in [6.45, 7) is 9.23. The lowest BCUT2D eigenvalue weighted by molar-refractivity contribution is -0.273. The van der Waals surface area contributed by atoms with Crippen LogP contribution in [-0.4, -0.2) is 53.0 Å². The molecule has 0 radical (unpaired) electrons. The fourth-order valence-corrected chi connectivity index (χ4v) is 2.54. The van der Waals surface area contributed by atoms with Crippen LogP contribution < -0.4 is 0 Å². The molecule has 1 saturated heterocycles. The second kappa shape index (κ2) is 9.57. The van der Waals surface area contributed by atoms with E-state index in [4.69, 9.17) is 14.2 Å². The van der Waals surface area contributed by atoms with Crippen LogP contribution in [0.2, 0.25) is 0 Å². The topological polar surface area (TPSA) is 85.2 Å². The molecular formula is C17H32O6. The van der Waals surface area contributed by atoms with E-state index in [0.29, 0.717) is 0 Å². The highest BCUT2D eigenvalue weighted by Gasteiger charge is 2.35. The van der Waals surface area contributed by atoms with Crippen molar-refractivity contribution in [3.63, 3.8) is 0 Å². The van der Waals surface area contributed by atoms with E-state index in [1.54, 1.807) is 6.92 Å². The van der Waals surface area contributed by atoms with Crippen LogP contribution in [-0.2, 0) is 19.0 Å². The van der Waals surface area contributed by atoms with Crippen LogP contribution in [0.25, 0.3) is 0 Å². The first-order valence-corrected chi connectivity index (χ1v) is 8.58. The van der Waals surface area contributed by atoms with Crippen LogP contribution in [0, 0.1) is 5.92 Å². The van der Waals surface area contributed by atoms with Gasteiger partial charge >= 0.3 is 5.97 Å². The van der Waals surface area contributed by atoms with Crippen molar-refractivity contribution in [1.82, 2.24) is 0 Å². The molecule has 1 aliphatic heterocycles. The Bertz CT molecular complexity index is 359. The van der Waals surface area contributed by atoms with Crippen molar-refractivity contribution < 1.29 is 29.2 Å². The summed E-state index contributed by atoms with van der Waals surface area (Å²) in [4.78, 5) is 11.7. The van der Waals surface area contributed by atoms with Gasteiger partial charge in [-0.15, -0.1) is 0 Å². The van der Waals surface area contributed by atoms with Crippen LogP contribution in [0.5, 0.6) is 0 Å². The van der Waals surface area contributed by atoms with Gasteiger partial charge in [-0.1, -0.05) is 13.3 Å².